The second-order valence-corrected chi connectivity index (χ2v) is 7.49. The lowest BCUT2D eigenvalue weighted by Gasteiger charge is -2.22. The Morgan fingerprint density at radius 3 is 2.19 bits per heavy atom. The number of alkyl carbamates (subject to hydrolysis) is 1. The highest BCUT2D eigenvalue weighted by atomic mass is 32.1. The van der Waals surface area contributed by atoms with E-state index in [2.05, 4.69) is 5.32 Å². The SMILES string of the molecule is Cc1sc(C)c(CC(NC(=O)OC(C)(C)C)C(=O)O)c1C. The molecule has 5 nitrogen and oxygen atoms in total. The molecule has 1 aromatic heterocycles. The van der Waals surface area contributed by atoms with E-state index < -0.39 is 23.7 Å². The van der Waals surface area contributed by atoms with E-state index in [-0.39, 0.29) is 6.42 Å². The number of rotatable bonds is 4. The van der Waals surface area contributed by atoms with E-state index in [1.54, 1.807) is 32.1 Å². The normalized spacial score (nSPS) is 12.9. The van der Waals surface area contributed by atoms with Crippen molar-refractivity contribution in [3.8, 4) is 0 Å². The molecule has 1 unspecified atom stereocenters. The lowest BCUT2D eigenvalue weighted by Crippen LogP contribution is -2.44. The van der Waals surface area contributed by atoms with Crippen molar-refractivity contribution < 1.29 is 19.4 Å². The fraction of sp³-hybridized carbons (Fsp3) is 0.600. The van der Waals surface area contributed by atoms with Crippen LogP contribution in [-0.2, 0) is 16.0 Å². The number of amides is 1. The number of thiophene rings is 1. The maximum atomic E-state index is 11.7. The Balaban J connectivity index is 2.84. The molecule has 21 heavy (non-hydrogen) atoms. The highest BCUT2D eigenvalue weighted by Crippen LogP contribution is 2.27. The van der Waals surface area contributed by atoms with Crippen molar-refractivity contribution in [2.24, 2.45) is 0 Å². The van der Waals surface area contributed by atoms with Crippen LogP contribution in [0.5, 0.6) is 0 Å². The van der Waals surface area contributed by atoms with Crippen LogP contribution in [0, 0.1) is 20.8 Å². The van der Waals surface area contributed by atoms with E-state index in [1.807, 2.05) is 20.8 Å². The van der Waals surface area contributed by atoms with Gasteiger partial charge in [-0.25, -0.2) is 9.59 Å². The van der Waals surface area contributed by atoms with Crippen LogP contribution in [0.3, 0.4) is 0 Å². The molecule has 1 heterocycles. The zero-order chi connectivity index (χ0) is 16.4. The molecule has 0 saturated heterocycles. The maximum absolute atomic E-state index is 11.7. The fourth-order valence-corrected chi connectivity index (χ4v) is 3.09. The number of hydrogen-bond donors (Lipinski definition) is 2. The summed E-state index contributed by atoms with van der Waals surface area (Å²) in [5, 5.41) is 11.7. The van der Waals surface area contributed by atoms with Crippen molar-refractivity contribution in [1.29, 1.82) is 0 Å². The summed E-state index contributed by atoms with van der Waals surface area (Å²) in [5.74, 6) is -1.07. The van der Waals surface area contributed by atoms with Crippen LogP contribution in [0.25, 0.3) is 0 Å². The van der Waals surface area contributed by atoms with Gasteiger partial charge in [-0.3, -0.25) is 0 Å². The van der Waals surface area contributed by atoms with Gasteiger partial charge in [-0.15, -0.1) is 11.3 Å². The monoisotopic (exact) mass is 313 g/mol. The highest BCUT2D eigenvalue weighted by molar-refractivity contribution is 7.12. The summed E-state index contributed by atoms with van der Waals surface area (Å²) < 4.78 is 5.11. The van der Waals surface area contributed by atoms with Gasteiger partial charge in [-0.2, -0.15) is 0 Å². The van der Waals surface area contributed by atoms with Gasteiger partial charge in [0.25, 0.3) is 0 Å². The molecule has 1 amide bonds. The van der Waals surface area contributed by atoms with Crippen LogP contribution in [0.4, 0.5) is 4.79 Å². The maximum Gasteiger partial charge on any atom is 0.408 e. The molecule has 0 aromatic carbocycles. The summed E-state index contributed by atoms with van der Waals surface area (Å²) in [5.41, 5.74) is 1.42. The first-order valence-corrected chi connectivity index (χ1v) is 7.60. The zero-order valence-electron chi connectivity index (χ0n) is 13.4. The number of carboxylic acids is 1. The highest BCUT2D eigenvalue weighted by Gasteiger charge is 2.26. The first-order valence-electron chi connectivity index (χ1n) is 6.79. The Hall–Kier alpha value is -1.56. The number of carboxylic acid groups (broad SMARTS) is 1. The number of aryl methyl sites for hydroxylation is 2. The summed E-state index contributed by atoms with van der Waals surface area (Å²) in [6, 6.07) is -0.994. The first-order chi connectivity index (χ1) is 9.51. The molecule has 1 rings (SSSR count). The molecule has 0 saturated carbocycles. The van der Waals surface area contributed by atoms with E-state index >= 15 is 0 Å². The van der Waals surface area contributed by atoms with Gasteiger partial charge in [0.15, 0.2) is 0 Å². The average Bonchev–Trinajstić information content (AvgIpc) is 2.52. The first kappa shape index (κ1) is 17.5. The predicted octanol–water partition coefficient (Wildman–Crippen LogP) is 3.19. The summed E-state index contributed by atoms with van der Waals surface area (Å²) in [6.45, 7) is 11.1. The van der Waals surface area contributed by atoms with Gasteiger partial charge < -0.3 is 15.2 Å². The molecule has 1 atom stereocenters. The Bertz CT molecular complexity index is 543. The van der Waals surface area contributed by atoms with Crippen molar-refractivity contribution in [3.05, 3.63) is 20.9 Å². The fourth-order valence-electron chi connectivity index (χ4n) is 2.00. The van der Waals surface area contributed by atoms with Crippen LogP contribution in [-0.4, -0.2) is 28.8 Å². The third-order valence-electron chi connectivity index (χ3n) is 3.11. The van der Waals surface area contributed by atoms with Crippen molar-refractivity contribution in [2.75, 3.05) is 0 Å². The van der Waals surface area contributed by atoms with Gasteiger partial charge in [-0.1, -0.05) is 0 Å². The molecule has 0 radical (unpaired) electrons. The van der Waals surface area contributed by atoms with Gasteiger partial charge in [0.1, 0.15) is 11.6 Å². The number of ether oxygens (including phenoxy) is 1. The predicted molar refractivity (Wildman–Crippen MR) is 83.0 cm³/mol. The van der Waals surface area contributed by atoms with E-state index in [9.17, 15) is 14.7 Å². The largest absolute Gasteiger partial charge is 0.480 e. The summed E-state index contributed by atoms with van der Waals surface area (Å²) >= 11 is 1.64. The van der Waals surface area contributed by atoms with E-state index in [0.29, 0.717) is 0 Å². The molecule has 6 heteroatoms. The number of hydrogen-bond acceptors (Lipinski definition) is 4. The quantitative estimate of drug-likeness (QED) is 0.895. The number of nitrogens with one attached hydrogen (secondary N) is 1. The summed E-state index contributed by atoms with van der Waals surface area (Å²) in [6.07, 6.45) is -0.450. The van der Waals surface area contributed by atoms with E-state index in [1.165, 1.54) is 4.88 Å². The van der Waals surface area contributed by atoms with Gasteiger partial charge >= 0.3 is 12.1 Å². The number of carbonyl (C=O) groups is 2. The molecule has 0 bridgehead atoms. The van der Waals surface area contributed by atoms with E-state index in [4.69, 9.17) is 4.74 Å². The smallest absolute Gasteiger partial charge is 0.408 e. The lowest BCUT2D eigenvalue weighted by atomic mass is 10.0. The molecule has 0 aliphatic carbocycles. The third kappa shape index (κ3) is 5.04. The second kappa shape index (κ2) is 6.47. The topological polar surface area (TPSA) is 75.6 Å². The third-order valence-corrected chi connectivity index (χ3v) is 4.27. The van der Waals surface area contributed by atoms with Crippen molar-refractivity contribution in [2.45, 2.75) is 59.6 Å². The van der Waals surface area contributed by atoms with Gasteiger partial charge in [0, 0.05) is 16.2 Å². The minimum Gasteiger partial charge on any atom is -0.480 e. The Morgan fingerprint density at radius 2 is 1.81 bits per heavy atom. The second-order valence-electron chi connectivity index (χ2n) is 6.06. The van der Waals surface area contributed by atoms with Crippen molar-refractivity contribution in [3.63, 3.8) is 0 Å². The number of carbonyl (C=O) groups excluding carboxylic acids is 1. The molecule has 1 aromatic rings. The minimum absolute atomic E-state index is 0.260. The van der Waals surface area contributed by atoms with Gasteiger partial charge in [0.05, 0.1) is 0 Å². The van der Waals surface area contributed by atoms with Crippen LogP contribution in [0.2, 0.25) is 0 Å². The molecule has 0 aliphatic heterocycles. The van der Waals surface area contributed by atoms with Gasteiger partial charge in [0.2, 0.25) is 0 Å². The molecule has 2 N–H and O–H groups in total. The van der Waals surface area contributed by atoms with Crippen LogP contribution in [0.1, 0.15) is 41.7 Å². The lowest BCUT2D eigenvalue weighted by molar-refractivity contribution is -0.139. The molecule has 0 fully saturated rings. The average molecular weight is 313 g/mol. The number of aliphatic carboxylic acids is 1. The molecular formula is C15H23NO4S. The van der Waals surface area contributed by atoms with Gasteiger partial charge in [-0.05, 0) is 52.7 Å². The minimum atomic E-state index is -1.07. The van der Waals surface area contributed by atoms with E-state index in [0.717, 1.165) is 16.0 Å². The molecular weight excluding hydrogens is 290 g/mol. The van der Waals surface area contributed by atoms with Crippen LogP contribution in [0.15, 0.2) is 0 Å². The van der Waals surface area contributed by atoms with Crippen molar-refractivity contribution in [1.82, 2.24) is 5.32 Å². The van der Waals surface area contributed by atoms with Crippen LogP contribution >= 0.6 is 11.3 Å². The summed E-state index contributed by atoms with van der Waals surface area (Å²) in [7, 11) is 0. The standard InChI is InChI=1S/C15H23NO4S/c1-8-9(2)21-10(3)11(8)7-12(13(17)18)16-14(19)20-15(4,5)6/h12H,7H2,1-6H3,(H,16,19)(H,17,18). The molecule has 118 valence electrons. The molecule has 0 aliphatic rings. The van der Waals surface area contributed by atoms with Crippen molar-refractivity contribution >= 4 is 23.4 Å². The Labute approximate surface area is 129 Å². The Kier molecular flexibility index (Phi) is 5.39. The van der Waals surface area contributed by atoms with Crippen LogP contribution < -0.4 is 5.32 Å². The summed E-state index contributed by atoms with van der Waals surface area (Å²) in [4.78, 5) is 25.4. The Morgan fingerprint density at radius 1 is 1.24 bits per heavy atom. The molecule has 0 spiro atoms. The zero-order valence-corrected chi connectivity index (χ0v) is 14.2.